The minimum absolute atomic E-state index is 0.0507. The van der Waals surface area contributed by atoms with Crippen LogP contribution in [-0.2, 0) is 58.9 Å². The maximum absolute atomic E-state index is 12.5. The van der Waals surface area contributed by atoms with E-state index in [1.54, 1.807) is 23.1 Å². The van der Waals surface area contributed by atoms with Crippen molar-refractivity contribution in [2.24, 2.45) is 10.9 Å². The summed E-state index contributed by atoms with van der Waals surface area (Å²) in [5, 5.41) is 45.1. The first kappa shape index (κ1) is 64.7. The number of rotatable bonds is 15. The number of fused-ring (bicyclic) bond motifs is 6. The molecule has 4 heterocycles. The van der Waals surface area contributed by atoms with Crippen molar-refractivity contribution in [3.8, 4) is 40.7 Å². The Balaban J connectivity index is 0.000000159. The third-order valence-corrected chi connectivity index (χ3v) is 28.4. The van der Waals surface area contributed by atoms with Crippen molar-refractivity contribution in [1.82, 2.24) is 24.8 Å². The van der Waals surface area contributed by atoms with E-state index in [9.17, 15) is 30.0 Å². The molecule has 3 aliphatic heterocycles. The number of ether oxygens (including phenoxy) is 4. The molecule has 21 nitrogen and oxygen atoms in total. The lowest BCUT2D eigenvalue weighted by Gasteiger charge is -2.38. The van der Waals surface area contributed by atoms with Crippen LogP contribution in [0.1, 0.15) is 125 Å². The van der Waals surface area contributed by atoms with Crippen molar-refractivity contribution in [2.75, 3.05) is 59.3 Å². The molecule has 3 fully saturated rings. The number of oxime groups is 1. The van der Waals surface area contributed by atoms with Gasteiger partial charge in [0.15, 0.2) is 22.5 Å². The van der Waals surface area contributed by atoms with E-state index >= 15 is 0 Å². The van der Waals surface area contributed by atoms with Crippen molar-refractivity contribution in [3.63, 3.8) is 0 Å². The fourth-order valence-corrected chi connectivity index (χ4v) is 14.6. The topological polar surface area (TPSA) is 282 Å². The van der Waals surface area contributed by atoms with Gasteiger partial charge in [0, 0.05) is 36.3 Å². The number of nitrogens with zero attached hydrogens (tertiary/aromatic N) is 8. The maximum atomic E-state index is 12.5. The Bertz CT molecular complexity index is 3580. The third kappa shape index (κ3) is 12.0. The van der Waals surface area contributed by atoms with Crippen LogP contribution >= 0.6 is 0 Å². The quantitative estimate of drug-likeness (QED) is 0.0219. The van der Waals surface area contributed by atoms with Crippen LogP contribution in [0, 0.1) is 22.7 Å². The van der Waals surface area contributed by atoms with Gasteiger partial charge in [-0.2, -0.15) is 15.5 Å². The molecular formula is C65H83N9O12Si2. The maximum Gasteiger partial charge on any atom is 0.410 e. The summed E-state index contributed by atoms with van der Waals surface area (Å²) in [7, 11) is -3.75. The Morgan fingerprint density at radius 3 is 1.67 bits per heavy atom. The number of hydrogen-bond acceptors (Lipinski definition) is 17. The van der Waals surface area contributed by atoms with E-state index in [1.807, 2.05) is 78.2 Å². The highest BCUT2D eigenvalue weighted by Crippen LogP contribution is 2.50. The fraction of sp³-hybridized carbons (Fsp3) is 0.508. The number of amides is 3. The Morgan fingerprint density at radius 2 is 1.17 bits per heavy atom. The number of aliphatic hydroxyl groups excluding tert-OH is 1. The van der Waals surface area contributed by atoms with E-state index in [4.69, 9.17) is 43.3 Å². The lowest BCUT2D eigenvalue weighted by atomic mass is 9.90. The molecule has 23 heteroatoms. The van der Waals surface area contributed by atoms with Crippen LogP contribution in [0.3, 0.4) is 0 Å². The lowest BCUT2D eigenvalue weighted by Crippen LogP contribution is -2.47. The van der Waals surface area contributed by atoms with Gasteiger partial charge < -0.3 is 48.4 Å². The third-order valence-electron chi connectivity index (χ3n) is 19.3. The molecule has 468 valence electrons. The number of carbonyl (C=O) groups excluding carboxylic acids is 3. The zero-order valence-electron chi connectivity index (χ0n) is 52.7. The molecule has 3 aliphatic carbocycles. The smallest absolute Gasteiger partial charge is 0.410 e. The molecule has 0 bridgehead atoms. The number of cyclic esters (lactones) is 3. The first-order valence-corrected chi connectivity index (χ1v) is 36.0. The first-order chi connectivity index (χ1) is 41.6. The van der Waals surface area contributed by atoms with E-state index < -0.39 is 39.3 Å². The number of β-amino-alcohol motifs (C(OH)–C–C–N with tert-alkyl or cyclic N) is 1. The summed E-state index contributed by atoms with van der Waals surface area (Å²) in [6.07, 6.45) is 3.47. The van der Waals surface area contributed by atoms with Crippen molar-refractivity contribution in [1.29, 1.82) is 10.5 Å². The number of carbonyl (C=O) groups is 3. The predicted octanol–water partition coefficient (Wildman–Crippen LogP) is 11.2. The molecule has 1 aromatic heterocycles. The molecule has 88 heavy (non-hydrogen) atoms. The molecule has 6 aliphatic rings. The Morgan fingerprint density at radius 1 is 0.693 bits per heavy atom. The summed E-state index contributed by atoms with van der Waals surface area (Å²) in [6.45, 7) is 28.9. The SMILES string of the molecule is CC(C)(C)[Si](C)(C)OCCN1C(=O)OCC12CCc1c(C#N)cccc12.CC(C)(C)[Si](C)(C)OCCN1C(=O)OCC12CCc1c(C(N)=NO)cccc12.CC(C)Oc1ccc(-c2nc(-c3cccc4c3CCC43COC(=O)N3CCO)no2)cc1C#N. The second kappa shape index (κ2) is 25.0. The van der Waals surface area contributed by atoms with Crippen LogP contribution in [0.25, 0.3) is 22.8 Å². The van der Waals surface area contributed by atoms with E-state index in [0.717, 1.165) is 64.6 Å². The highest BCUT2D eigenvalue weighted by Gasteiger charge is 2.55. The van der Waals surface area contributed by atoms with Crippen LogP contribution in [0.5, 0.6) is 5.75 Å². The summed E-state index contributed by atoms with van der Waals surface area (Å²) in [4.78, 5) is 47.2. The summed E-state index contributed by atoms with van der Waals surface area (Å²) >= 11 is 0. The minimum atomic E-state index is -1.89. The highest BCUT2D eigenvalue weighted by molar-refractivity contribution is 6.74. The minimum Gasteiger partial charge on any atom is -0.490 e. The normalized spacial score (nSPS) is 21.2. The van der Waals surface area contributed by atoms with Crippen molar-refractivity contribution in [3.05, 3.63) is 123 Å². The van der Waals surface area contributed by atoms with Crippen molar-refractivity contribution in [2.45, 2.75) is 153 Å². The molecule has 4 aromatic carbocycles. The summed E-state index contributed by atoms with van der Waals surface area (Å²) in [6, 6.07) is 27.0. The molecule has 3 spiro atoms. The van der Waals surface area contributed by atoms with Crippen molar-refractivity contribution < 1.29 is 57.0 Å². The summed E-state index contributed by atoms with van der Waals surface area (Å²) in [5.74, 6) is 1.33. The molecular weight excluding hydrogens is 1150 g/mol. The van der Waals surface area contributed by atoms with Gasteiger partial charge >= 0.3 is 18.3 Å². The predicted molar refractivity (Wildman–Crippen MR) is 333 cm³/mol. The number of hydrogen-bond donors (Lipinski definition) is 3. The van der Waals surface area contributed by atoms with Crippen LogP contribution in [0.2, 0.25) is 36.3 Å². The van der Waals surface area contributed by atoms with Gasteiger partial charge in [0.05, 0.1) is 43.1 Å². The molecule has 3 atom stereocenters. The standard InChI is InChI=1S/C25H24N4O5.C20H31N3O4Si.C20H28N2O3Si/c1-15(2)33-21-7-6-16(12-17(21)13-26)23-27-22(28-34-23)19-4-3-5-20-18(19)8-9-25(20)14-32-24(31)29(25)10-11-30;1-19(2,3)28(4,5)27-12-11-23-18(24)26-13-20(23)10-9-14-15(17(21)22-25)7-6-8-16(14)20;1-19(2,3)26(4,5)25-12-11-22-18(23)24-14-20(22)10-9-16-15(13-21)7-6-8-17(16)20/h3-7,12,15,30H,8-11,14H2,1-2H3;6-8,25H,9-13H2,1-5H3,(H2,21,22);6-8H,9-12,14H2,1-5H3. The molecule has 3 saturated heterocycles. The number of benzene rings is 4. The average Bonchev–Trinajstić information content (AvgIpc) is 1.71. The lowest BCUT2D eigenvalue weighted by molar-refractivity contribution is 0.128. The molecule has 3 amide bonds. The Hall–Kier alpha value is -7.81. The van der Waals surface area contributed by atoms with Gasteiger partial charge in [0.1, 0.15) is 48.3 Å². The number of nitrogens with two attached hydrogens (primary N) is 1. The molecule has 0 saturated carbocycles. The Kier molecular flexibility index (Phi) is 18.4. The van der Waals surface area contributed by atoms with Crippen LogP contribution in [-0.4, -0.2) is 141 Å². The largest absolute Gasteiger partial charge is 0.490 e. The van der Waals surface area contributed by atoms with Crippen LogP contribution < -0.4 is 10.5 Å². The fourth-order valence-electron chi connectivity index (χ4n) is 12.5. The molecule has 4 N–H and O–H groups in total. The number of amidine groups is 1. The van der Waals surface area contributed by atoms with Gasteiger partial charge in [-0.3, -0.25) is 14.7 Å². The van der Waals surface area contributed by atoms with Gasteiger partial charge in [0.25, 0.3) is 5.89 Å². The number of aliphatic hydroxyl groups is 1. The van der Waals surface area contributed by atoms with Crippen molar-refractivity contribution >= 4 is 40.8 Å². The van der Waals surface area contributed by atoms with Gasteiger partial charge in [-0.25, -0.2) is 14.4 Å². The average molecular weight is 1240 g/mol. The monoisotopic (exact) mass is 1240 g/mol. The van der Waals surface area contributed by atoms with Crippen LogP contribution in [0.4, 0.5) is 14.4 Å². The number of nitriles is 2. The Labute approximate surface area is 517 Å². The first-order valence-electron chi connectivity index (χ1n) is 30.1. The summed E-state index contributed by atoms with van der Waals surface area (Å²) < 4.78 is 40.1. The van der Waals surface area contributed by atoms with Gasteiger partial charge in [0.2, 0.25) is 5.82 Å². The van der Waals surface area contributed by atoms with E-state index in [0.29, 0.717) is 92.1 Å². The molecule has 0 radical (unpaired) electrons. The van der Waals surface area contributed by atoms with Crippen LogP contribution in [0.15, 0.2) is 82.5 Å². The van der Waals surface area contributed by atoms with Gasteiger partial charge in [-0.15, -0.1) is 0 Å². The van der Waals surface area contributed by atoms with E-state index in [2.05, 4.69) is 95.2 Å². The molecule has 5 aromatic rings. The summed E-state index contributed by atoms with van der Waals surface area (Å²) in [5.41, 5.74) is 13.8. The molecule has 11 rings (SSSR count). The van der Waals surface area contributed by atoms with E-state index in [-0.39, 0.29) is 54.0 Å². The highest BCUT2D eigenvalue weighted by atomic mass is 28.4. The zero-order valence-corrected chi connectivity index (χ0v) is 54.7. The number of aromatic nitrogens is 2. The van der Waals surface area contributed by atoms with E-state index in [1.165, 1.54) is 0 Å². The second-order valence-corrected chi connectivity index (χ2v) is 36.3. The second-order valence-electron chi connectivity index (χ2n) is 26.7. The molecule has 3 unspecified atom stereocenters. The zero-order chi connectivity index (χ0) is 63.8. The van der Waals surface area contributed by atoms with Gasteiger partial charge in [-0.05, 0) is 146 Å². The van der Waals surface area contributed by atoms with Gasteiger partial charge in [-0.1, -0.05) is 100 Å².